The molecule has 1 aliphatic rings. The number of rotatable bonds is 5. The Morgan fingerprint density at radius 1 is 0.931 bits per heavy atom. The normalized spacial score (nSPS) is 16.6. The Balaban J connectivity index is 1.56. The summed E-state index contributed by atoms with van der Waals surface area (Å²) in [4.78, 5) is 19.5. The number of para-hydroxylation sites is 2. The van der Waals surface area contributed by atoms with Gasteiger partial charge in [0, 0.05) is 12.6 Å². The quantitative estimate of drug-likeness (QED) is 0.531. The minimum atomic E-state index is -0.0671. The van der Waals surface area contributed by atoms with Crippen molar-refractivity contribution in [3.63, 3.8) is 0 Å². The zero-order chi connectivity index (χ0) is 20.1. The lowest BCUT2D eigenvalue weighted by Gasteiger charge is -2.09. The summed E-state index contributed by atoms with van der Waals surface area (Å²) in [5.41, 5.74) is 2.79. The molecule has 0 saturated carbocycles. The number of benzene rings is 3. The summed E-state index contributed by atoms with van der Waals surface area (Å²) in [6.07, 6.45) is 1.87. The van der Waals surface area contributed by atoms with E-state index in [4.69, 9.17) is 4.74 Å². The van der Waals surface area contributed by atoms with Gasteiger partial charge in [0.15, 0.2) is 5.17 Å². The Morgan fingerprint density at radius 3 is 2.34 bits per heavy atom. The lowest BCUT2D eigenvalue weighted by atomic mass is 10.2. The maximum atomic E-state index is 12.7. The van der Waals surface area contributed by atoms with Gasteiger partial charge in [-0.25, -0.2) is 4.99 Å². The Morgan fingerprint density at radius 2 is 1.59 bits per heavy atom. The largest absolute Gasteiger partial charge is 0.488 e. The highest BCUT2D eigenvalue weighted by molar-refractivity contribution is 8.18. The lowest BCUT2D eigenvalue weighted by molar-refractivity contribution is -0.121. The number of hydrogen-bond acceptors (Lipinski definition) is 4. The highest BCUT2D eigenvalue weighted by Crippen LogP contribution is 2.34. The lowest BCUT2D eigenvalue weighted by Crippen LogP contribution is -2.23. The van der Waals surface area contributed by atoms with E-state index in [9.17, 15) is 4.79 Å². The van der Waals surface area contributed by atoms with Crippen molar-refractivity contribution in [2.24, 2.45) is 4.99 Å². The average Bonchev–Trinajstić information content (AvgIpc) is 3.02. The van der Waals surface area contributed by atoms with Crippen molar-refractivity contribution in [3.8, 4) is 5.75 Å². The van der Waals surface area contributed by atoms with Gasteiger partial charge in [-0.2, -0.15) is 0 Å². The average molecular weight is 401 g/mol. The molecule has 0 N–H and O–H groups in total. The third kappa shape index (κ3) is 4.58. The van der Waals surface area contributed by atoms with E-state index in [-0.39, 0.29) is 5.91 Å². The second-order valence-electron chi connectivity index (χ2n) is 6.52. The fourth-order valence-corrected chi connectivity index (χ4v) is 3.85. The van der Waals surface area contributed by atoms with Crippen LogP contribution in [-0.2, 0) is 11.4 Å². The van der Waals surface area contributed by atoms with Crippen molar-refractivity contribution in [3.05, 3.63) is 101 Å². The number of aliphatic imine (C=N–C) groups is 1. The molecule has 0 bridgehead atoms. The molecule has 3 aromatic carbocycles. The van der Waals surface area contributed by atoms with Crippen LogP contribution in [0.2, 0.25) is 0 Å². The van der Waals surface area contributed by atoms with Crippen LogP contribution in [0.15, 0.2) is 94.8 Å². The van der Waals surface area contributed by atoms with Gasteiger partial charge < -0.3 is 4.74 Å². The molecule has 1 heterocycles. The molecule has 3 aromatic rings. The predicted molar refractivity (Wildman–Crippen MR) is 119 cm³/mol. The van der Waals surface area contributed by atoms with Gasteiger partial charge in [0.1, 0.15) is 12.4 Å². The van der Waals surface area contributed by atoms with Crippen molar-refractivity contribution in [1.29, 1.82) is 0 Å². The zero-order valence-corrected chi connectivity index (χ0v) is 16.8. The molecular formula is C24H20N2O2S. The highest BCUT2D eigenvalue weighted by Gasteiger charge is 2.30. The van der Waals surface area contributed by atoms with E-state index in [0.29, 0.717) is 16.7 Å². The Labute approximate surface area is 174 Å². The number of hydrogen-bond donors (Lipinski definition) is 0. The first-order chi connectivity index (χ1) is 14.2. The third-order valence-electron chi connectivity index (χ3n) is 4.43. The first kappa shape index (κ1) is 19.0. The van der Waals surface area contributed by atoms with E-state index in [1.807, 2.05) is 91.0 Å². The third-order valence-corrected chi connectivity index (χ3v) is 5.49. The molecular weight excluding hydrogens is 380 g/mol. The second kappa shape index (κ2) is 8.80. The molecule has 0 aliphatic carbocycles. The van der Waals surface area contributed by atoms with E-state index in [0.717, 1.165) is 22.6 Å². The minimum absolute atomic E-state index is 0.0671. The molecule has 0 unspecified atom stereocenters. The van der Waals surface area contributed by atoms with E-state index in [1.54, 1.807) is 11.9 Å². The topological polar surface area (TPSA) is 41.9 Å². The van der Waals surface area contributed by atoms with Gasteiger partial charge in [0.05, 0.1) is 10.6 Å². The van der Waals surface area contributed by atoms with Crippen molar-refractivity contribution < 1.29 is 9.53 Å². The van der Waals surface area contributed by atoms with Crippen LogP contribution >= 0.6 is 11.8 Å². The molecule has 4 nitrogen and oxygen atoms in total. The summed E-state index contributed by atoms with van der Waals surface area (Å²) >= 11 is 1.37. The van der Waals surface area contributed by atoms with E-state index in [2.05, 4.69) is 4.99 Å². The summed E-state index contributed by atoms with van der Waals surface area (Å²) in [5.74, 6) is 0.677. The molecule has 144 valence electrons. The number of nitrogens with zero attached hydrogens (tertiary/aromatic N) is 2. The molecule has 1 aliphatic heterocycles. The van der Waals surface area contributed by atoms with E-state index < -0.39 is 0 Å². The first-order valence-electron chi connectivity index (χ1n) is 9.28. The number of thioether (sulfide) groups is 1. The fourth-order valence-electron chi connectivity index (χ4n) is 2.87. The number of carbonyl (C=O) groups is 1. The van der Waals surface area contributed by atoms with E-state index in [1.165, 1.54) is 11.8 Å². The minimum Gasteiger partial charge on any atom is -0.488 e. The van der Waals surface area contributed by atoms with Gasteiger partial charge in [0.2, 0.25) is 0 Å². The summed E-state index contributed by atoms with van der Waals surface area (Å²) in [5, 5.41) is 0.662. The monoisotopic (exact) mass is 400 g/mol. The number of carbonyl (C=O) groups excluding carboxylic acids is 1. The fraction of sp³-hybridized carbons (Fsp3) is 0.0833. The molecule has 4 rings (SSSR count). The molecule has 0 aromatic heterocycles. The number of ether oxygens (including phenoxy) is 1. The van der Waals surface area contributed by atoms with Crippen LogP contribution in [0.5, 0.6) is 5.75 Å². The van der Waals surface area contributed by atoms with Crippen molar-refractivity contribution in [1.82, 2.24) is 4.90 Å². The van der Waals surface area contributed by atoms with Gasteiger partial charge in [-0.05, 0) is 41.6 Å². The molecule has 1 amide bonds. The molecule has 29 heavy (non-hydrogen) atoms. The molecule has 0 radical (unpaired) electrons. The second-order valence-corrected chi connectivity index (χ2v) is 7.53. The first-order valence-corrected chi connectivity index (χ1v) is 10.1. The van der Waals surface area contributed by atoms with Gasteiger partial charge in [-0.15, -0.1) is 0 Å². The Bertz CT molecular complexity index is 1060. The van der Waals surface area contributed by atoms with Crippen LogP contribution in [0.4, 0.5) is 5.69 Å². The van der Waals surface area contributed by atoms with Crippen LogP contribution in [-0.4, -0.2) is 23.0 Å². The summed E-state index contributed by atoms with van der Waals surface area (Å²) in [6.45, 7) is 0.475. The Kier molecular flexibility index (Phi) is 5.77. The van der Waals surface area contributed by atoms with Crippen LogP contribution in [0.25, 0.3) is 6.08 Å². The molecule has 1 fully saturated rings. The molecule has 1 saturated heterocycles. The molecule has 0 atom stereocenters. The van der Waals surface area contributed by atoms with Gasteiger partial charge >= 0.3 is 0 Å². The maximum absolute atomic E-state index is 12.7. The van der Waals surface area contributed by atoms with Crippen LogP contribution in [0.3, 0.4) is 0 Å². The summed E-state index contributed by atoms with van der Waals surface area (Å²) in [6, 6.07) is 27.4. The molecule has 5 heteroatoms. The maximum Gasteiger partial charge on any atom is 0.266 e. The standard InChI is InChI=1S/C24H20N2O2S/c1-26-23(27)22(29-24(26)25-20-13-6-3-7-14-20)16-19-12-8-9-15-21(19)28-17-18-10-4-2-5-11-18/h2-16H,17H2,1H3/b22-16+,25-24?. The van der Waals surface area contributed by atoms with E-state index >= 15 is 0 Å². The predicted octanol–water partition coefficient (Wildman–Crippen LogP) is 5.50. The molecule has 0 spiro atoms. The van der Waals surface area contributed by atoms with Crippen molar-refractivity contribution in [2.45, 2.75) is 6.61 Å². The summed E-state index contributed by atoms with van der Waals surface area (Å²) < 4.78 is 6.01. The van der Waals surface area contributed by atoms with Gasteiger partial charge in [-0.3, -0.25) is 9.69 Å². The van der Waals surface area contributed by atoms with Crippen LogP contribution < -0.4 is 4.74 Å². The SMILES string of the molecule is CN1C(=O)/C(=C\c2ccccc2OCc2ccccc2)SC1=Nc1ccccc1. The smallest absolute Gasteiger partial charge is 0.266 e. The van der Waals surface area contributed by atoms with Crippen LogP contribution in [0, 0.1) is 0 Å². The van der Waals surface area contributed by atoms with Crippen molar-refractivity contribution in [2.75, 3.05) is 7.05 Å². The van der Waals surface area contributed by atoms with Crippen LogP contribution in [0.1, 0.15) is 11.1 Å². The summed E-state index contributed by atoms with van der Waals surface area (Å²) in [7, 11) is 1.75. The van der Waals surface area contributed by atoms with Gasteiger partial charge in [-0.1, -0.05) is 66.7 Å². The number of likely N-dealkylation sites (N-methyl/N-ethyl adjacent to an activating group) is 1. The van der Waals surface area contributed by atoms with Gasteiger partial charge in [0.25, 0.3) is 5.91 Å². The number of amidine groups is 1. The Hall–Kier alpha value is -3.31. The van der Waals surface area contributed by atoms with Crippen molar-refractivity contribution >= 4 is 34.6 Å². The number of amides is 1. The highest BCUT2D eigenvalue weighted by atomic mass is 32.2. The zero-order valence-electron chi connectivity index (χ0n) is 16.0.